The van der Waals surface area contributed by atoms with Crippen molar-refractivity contribution in [3.05, 3.63) is 23.8 Å². The highest BCUT2D eigenvalue weighted by Gasteiger charge is 2.25. The van der Waals surface area contributed by atoms with Crippen LogP contribution in [0, 0.1) is 10.8 Å². The molecule has 2 N–H and O–H groups in total. The Morgan fingerprint density at radius 1 is 0.860 bits per heavy atom. The Balaban J connectivity index is 2.07. The van der Waals surface area contributed by atoms with Gasteiger partial charge in [-0.15, -0.1) is 0 Å². The Bertz CT molecular complexity index is 1080. The van der Waals surface area contributed by atoms with Gasteiger partial charge in [-0.05, 0) is 67.6 Å². The molecule has 0 aliphatic heterocycles. The molecule has 1 aliphatic carbocycles. The number of aliphatic carboxylic acids is 1. The van der Waals surface area contributed by atoms with E-state index in [9.17, 15) is 24.3 Å². The van der Waals surface area contributed by atoms with Crippen LogP contribution in [0.25, 0.3) is 0 Å². The first-order chi connectivity index (χ1) is 20.0. The molecular formula is C31H47NO11. The monoisotopic (exact) mass is 609 g/mol. The molecular weight excluding hydrogens is 562 g/mol. The number of nitrogens with one attached hydrogen (secondary N) is 1. The Kier molecular flexibility index (Phi) is 13.6. The molecule has 0 saturated heterocycles. The number of hydrogen-bond acceptors (Lipinski definition) is 11. The van der Waals surface area contributed by atoms with Crippen molar-refractivity contribution < 1.29 is 52.7 Å². The van der Waals surface area contributed by atoms with Gasteiger partial charge in [0.1, 0.15) is 18.2 Å². The average molecular weight is 610 g/mol. The van der Waals surface area contributed by atoms with Crippen molar-refractivity contribution in [1.82, 2.24) is 5.32 Å². The SMILES string of the molecule is CC(CN[C@@H](Cc1ccc(OC(=O)OCC(C)(C)C)c(OC(=O)OCC(C)(C)C)c1)C(=O)O)OC(=O)OC1CCCCC1. The molecule has 0 bridgehead atoms. The van der Waals surface area contributed by atoms with E-state index in [0.29, 0.717) is 5.56 Å². The van der Waals surface area contributed by atoms with E-state index in [-0.39, 0.29) is 54.6 Å². The van der Waals surface area contributed by atoms with Crippen LogP contribution in [0.4, 0.5) is 14.4 Å². The zero-order chi connectivity index (χ0) is 32.2. The molecule has 2 atom stereocenters. The first-order valence-electron chi connectivity index (χ1n) is 14.7. The van der Waals surface area contributed by atoms with Crippen LogP contribution in [0.5, 0.6) is 11.5 Å². The fourth-order valence-electron chi connectivity index (χ4n) is 3.98. The van der Waals surface area contributed by atoms with Gasteiger partial charge in [0.25, 0.3) is 0 Å². The maximum atomic E-state index is 12.4. The van der Waals surface area contributed by atoms with Crippen LogP contribution in [-0.2, 0) is 30.2 Å². The van der Waals surface area contributed by atoms with Gasteiger partial charge < -0.3 is 38.8 Å². The van der Waals surface area contributed by atoms with Crippen molar-refractivity contribution in [2.24, 2.45) is 10.8 Å². The van der Waals surface area contributed by atoms with Crippen LogP contribution in [0.1, 0.15) is 86.1 Å². The van der Waals surface area contributed by atoms with Gasteiger partial charge in [-0.3, -0.25) is 4.79 Å². The van der Waals surface area contributed by atoms with Crippen LogP contribution in [0.15, 0.2) is 18.2 Å². The molecule has 12 heteroatoms. The largest absolute Gasteiger partial charge is 0.513 e. The third-order valence-corrected chi connectivity index (χ3v) is 6.14. The maximum absolute atomic E-state index is 12.4. The number of carbonyl (C=O) groups excluding carboxylic acids is 3. The van der Waals surface area contributed by atoms with E-state index in [1.165, 1.54) is 12.1 Å². The average Bonchev–Trinajstić information content (AvgIpc) is 2.89. The quantitative estimate of drug-likeness (QED) is 0.156. The predicted octanol–water partition coefficient (Wildman–Crippen LogP) is 6.27. The summed E-state index contributed by atoms with van der Waals surface area (Å²) in [6.07, 6.45) is 1.16. The van der Waals surface area contributed by atoms with Crippen LogP contribution < -0.4 is 14.8 Å². The van der Waals surface area contributed by atoms with Gasteiger partial charge in [-0.25, -0.2) is 14.4 Å². The molecule has 242 valence electrons. The lowest BCUT2D eigenvalue weighted by Gasteiger charge is -2.23. The minimum Gasteiger partial charge on any atom is -0.480 e. The fraction of sp³-hybridized carbons (Fsp3) is 0.677. The summed E-state index contributed by atoms with van der Waals surface area (Å²) in [4.78, 5) is 48.9. The summed E-state index contributed by atoms with van der Waals surface area (Å²) < 4.78 is 31.6. The zero-order valence-corrected chi connectivity index (χ0v) is 26.4. The van der Waals surface area contributed by atoms with Gasteiger partial charge in [0.15, 0.2) is 11.5 Å². The highest BCUT2D eigenvalue weighted by atomic mass is 16.7. The predicted molar refractivity (Wildman–Crippen MR) is 156 cm³/mol. The maximum Gasteiger partial charge on any atom is 0.513 e. The molecule has 1 aromatic carbocycles. The van der Waals surface area contributed by atoms with Gasteiger partial charge in [-0.1, -0.05) is 54.0 Å². The first-order valence-corrected chi connectivity index (χ1v) is 14.7. The van der Waals surface area contributed by atoms with Gasteiger partial charge in [0.2, 0.25) is 0 Å². The van der Waals surface area contributed by atoms with Gasteiger partial charge in [0, 0.05) is 6.54 Å². The number of ether oxygens (including phenoxy) is 6. The Hall–Kier alpha value is -3.54. The van der Waals surface area contributed by atoms with Gasteiger partial charge in [-0.2, -0.15) is 0 Å². The molecule has 1 aromatic rings. The summed E-state index contributed by atoms with van der Waals surface area (Å²) in [5.74, 6) is -1.39. The lowest BCUT2D eigenvalue weighted by molar-refractivity contribution is -0.139. The van der Waals surface area contributed by atoms with E-state index in [1.54, 1.807) is 13.0 Å². The molecule has 2 rings (SSSR count). The van der Waals surface area contributed by atoms with Crippen molar-refractivity contribution in [2.45, 2.75) is 105 Å². The van der Waals surface area contributed by atoms with Gasteiger partial charge in [0.05, 0.1) is 13.2 Å². The second-order valence-electron chi connectivity index (χ2n) is 13.2. The number of rotatable bonds is 12. The summed E-state index contributed by atoms with van der Waals surface area (Å²) in [5.41, 5.74) is -0.153. The highest BCUT2D eigenvalue weighted by Crippen LogP contribution is 2.30. The van der Waals surface area contributed by atoms with E-state index in [4.69, 9.17) is 28.4 Å². The summed E-state index contributed by atoms with van der Waals surface area (Å²) in [5, 5.41) is 12.7. The molecule has 43 heavy (non-hydrogen) atoms. The first kappa shape index (κ1) is 35.7. The normalized spacial score (nSPS) is 15.5. The Morgan fingerprint density at radius 3 is 1.95 bits per heavy atom. The third-order valence-electron chi connectivity index (χ3n) is 6.14. The minimum absolute atomic E-state index is 0.0310. The number of carbonyl (C=O) groups is 4. The molecule has 1 fully saturated rings. The van der Waals surface area contributed by atoms with Crippen LogP contribution >= 0.6 is 0 Å². The van der Waals surface area contributed by atoms with Crippen molar-refractivity contribution in [3.63, 3.8) is 0 Å². The van der Waals surface area contributed by atoms with Crippen molar-refractivity contribution >= 4 is 24.4 Å². The van der Waals surface area contributed by atoms with Gasteiger partial charge >= 0.3 is 24.4 Å². The Labute approximate surface area is 253 Å². The second-order valence-corrected chi connectivity index (χ2v) is 13.2. The molecule has 12 nitrogen and oxygen atoms in total. The van der Waals surface area contributed by atoms with E-state index in [1.807, 2.05) is 41.5 Å². The second kappa shape index (κ2) is 16.3. The summed E-state index contributed by atoms with van der Waals surface area (Å²) >= 11 is 0. The van der Waals surface area contributed by atoms with Crippen LogP contribution in [-0.4, -0.2) is 67.6 Å². The van der Waals surface area contributed by atoms with E-state index in [2.05, 4.69) is 5.32 Å². The summed E-state index contributed by atoms with van der Waals surface area (Å²) in [6.45, 7) is 13.2. The molecule has 1 saturated carbocycles. The summed E-state index contributed by atoms with van der Waals surface area (Å²) in [6, 6.07) is 3.24. The van der Waals surface area contributed by atoms with Crippen LogP contribution in [0.2, 0.25) is 0 Å². The molecule has 1 aliphatic rings. The van der Waals surface area contributed by atoms with E-state index < -0.39 is 36.6 Å². The summed E-state index contributed by atoms with van der Waals surface area (Å²) in [7, 11) is 0. The zero-order valence-electron chi connectivity index (χ0n) is 26.4. The number of hydrogen-bond donors (Lipinski definition) is 2. The van der Waals surface area contributed by atoms with E-state index >= 15 is 0 Å². The van der Waals surface area contributed by atoms with E-state index in [0.717, 1.165) is 32.1 Å². The van der Waals surface area contributed by atoms with Crippen molar-refractivity contribution in [2.75, 3.05) is 19.8 Å². The molecule has 0 spiro atoms. The molecule has 0 amide bonds. The topological polar surface area (TPSA) is 156 Å². The van der Waals surface area contributed by atoms with Crippen LogP contribution in [0.3, 0.4) is 0 Å². The molecule has 0 aromatic heterocycles. The Morgan fingerprint density at radius 2 is 1.42 bits per heavy atom. The third kappa shape index (κ3) is 15.0. The number of carboxylic acid groups (broad SMARTS) is 1. The number of benzene rings is 1. The molecule has 0 heterocycles. The lowest BCUT2D eigenvalue weighted by Crippen LogP contribution is -2.43. The van der Waals surface area contributed by atoms with Crippen molar-refractivity contribution in [3.8, 4) is 11.5 Å². The highest BCUT2D eigenvalue weighted by molar-refractivity contribution is 5.74. The smallest absolute Gasteiger partial charge is 0.480 e. The molecule has 1 unspecified atom stereocenters. The fourth-order valence-corrected chi connectivity index (χ4v) is 3.98. The minimum atomic E-state index is -1.14. The lowest BCUT2D eigenvalue weighted by atomic mass is 9.98. The molecule has 0 radical (unpaired) electrons. The number of carboxylic acids is 1. The van der Waals surface area contributed by atoms with Crippen molar-refractivity contribution in [1.29, 1.82) is 0 Å². The standard InChI is InChI=1S/C31H47NO11/c1-20(40-29(37)41-22-11-9-8-10-12-22)17-32-23(26(33)34)15-21-13-14-24(42-27(35)38-18-30(2,3)4)25(16-21)43-28(36)39-19-31(5,6)7/h13-14,16,20,22-23,32H,8-12,15,17-19H2,1-7H3,(H,33,34)/t20?,23-/m0/s1.